The number of aliphatic hydroxyl groups excluding tert-OH is 1. The maximum atomic E-state index is 11.9. The zero-order valence-corrected chi connectivity index (χ0v) is 13.4. The van der Waals surface area contributed by atoms with E-state index in [1.54, 1.807) is 18.3 Å². The fraction of sp³-hybridized carbons (Fsp3) is 0.636. The first-order valence-corrected chi connectivity index (χ1v) is 9.52. The fourth-order valence-corrected chi connectivity index (χ4v) is 3.48. The van der Waals surface area contributed by atoms with Gasteiger partial charge in [-0.15, -0.1) is 0 Å². The number of nitrogens with zero attached hydrogens (tertiary/aromatic N) is 2. The van der Waals surface area contributed by atoms with Crippen molar-refractivity contribution in [3.63, 3.8) is 0 Å². The van der Waals surface area contributed by atoms with Gasteiger partial charge >= 0.3 is 5.69 Å². The number of H-pyrrole nitrogens is 1. The van der Waals surface area contributed by atoms with Crippen molar-refractivity contribution in [2.24, 2.45) is 0 Å². The number of ether oxygens (including phenoxy) is 1. The topological polar surface area (TPSA) is 108 Å². The van der Waals surface area contributed by atoms with Crippen LogP contribution in [-0.4, -0.2) is 56.7 Å². The predicted octanol–water partition coefficient (Wildman–Crippen LogP) is -1.03. The fourth-order valence-electron chi connectivity index (χ4n) is 2.16. The van der Waals surface area contributed by atoms with Crippen LogP contribution in [0.15, 0.2) is 15.8 Å². The molecule has 1 fully saturated rings. The first-order valence-electron chi connectivity index (χ1n) is 6.36. The number of nitrogens with one attached hydrogen (secondary N) is 1. The molecule has 1 unspecified atom stereocenters. The van der Waals surface area contributed by atoms with E-state index in [4.69, 9.17) is 16.5 Å². The summed E-state index contributed by atoms with van der Waals surface area (Å²) >= 11 is 5.10. The van der Waals surface area contributed by atoms with Crippen molar-refractivity contribution in [1.82, 2.24) is 14.2 Å². The van der Waals surface area contributed by atoms with Gasteiger partial charge in [0.05, 0.1) is 19.3 Å². The van der Waals surface area contributed by atoms with Crippen LogP contribution in [0, 0.1) is 6.92 Å². The van der Waals surface area contributed by atoms with Crippen LogP contribution in [-0.2, 0) is 16.5 Å². The van der Waals surface area contributed by atoms with E-state index in [0.29, 0.717) is 12.1 Å². The number of morpholine rings is 1. The molecule has 1 aliphatic rings. The van der Waals surface area contributed by atoms with Crippen molar-refractivity contribution < 1.29 is 14.7 Å². The highest BCUT2D eigenvalue weighted by atomic mass is 32.4. The van der Waals surface area contributed by atoms with Crippen LogP contribution in [0.3, 0.4) is 0 Å². The van der Waals surface area contributed by atoms with E-state index >= 15 is 0 Å². The van der Waals surface area contributed by atoms with E-state index in [9.17, 15) is 19.6 Å². The maximum Gasteiger partial charge on any atom is 0.330 e. The number of aromatic nitrogens is 2. The van der Waals surface area contributed by atoms with Crippen LogP contribution in [0.1, 0.15) is 11.8 Å². The lowest BCUT2D eigenvalue weighted by molar-refractivity contribution is -0.119. The molecule has 0 amide bonds. The molecule has 0 spiro atoms. The standard InChI is InChI=1S/C11H18N3O5PS/c1-7-3-14(11(17)12-10(7)16)9-5-13(20(2,18)21)4-8(6-15)19-9/h3,8-9,15H,4-6H2,1-2H3,(H,18,21)(H,12,16,17)/t8-,9+,20?/m0/s1. The molecule has 1 aliphatic heterocycles. The minimum atomic E-state index is -2.70. The van der Waals surface area contributed by atoms with Crippen LogP contribution in [0.2, 0.25) is 0 Å². The Hall–Kier alpha value is -0.830. The number of hydrogen-bond acceptors (Lipinski definition) is 5. The Balaban J connectivity index is 2.38. The lowest BCUT2D eigenvalue weighted by atomic mass is 10.3. The molecule has 2 rings (SSSR count). The lowest BCUT2D eigenvalue weighted by Gasteiger charge is -2.40. The molecule has 0 saturated carbocycles. The monoisotopic (exact) mass is 335 g/mol. The van der Waals surface area contributed by atoms with Gasteiger partial charge in [-0.2, -0.15) is 0 Å². The summed E-state index contributed by atoms with van der Waals surface area (Å²) in [5.74, 6) is 0. The van der Waals surface area contributed by atoms with Crippen LogP contribution in [0.4, 0.5) is 0 Å². The van der Waals surface area contributed by atoms with Crippen LogP contribution < -0.4 is 11.2 Å². The van der Waals surface area contributed by atoms with Gasteiger partial charge in [0.25, 0.3) is 5.56 Å². The summed E-state index contributed by atoms with van der Waals surface area (Å²) in [5.41, 5.74) is -0.683. The zero-order chi connectivity index (χ0) is 15.8. The third-order valence-electron chi connectivity index (χ3n) is 3.32. The van der Waals surface area contributed by atoms with Gasteiger partial charge in [0.1, 0.15) is 6.42 Å². The van der Waals surface area contributed by atoms with Crippen LogP contribution in [0.5, 0.6) is 0 Å². The summed E-state index contributed by atoms with van der Waals surface area (Å²) in [4.78, 5) is 35.6. The average Bonchev–Trinajstić information content (AvgIpc) is 2.41. The van der Waals surface area contributed by atoms with Crippen molar-refractivity contribution in [2.75, 3.05) is 26.4 Å². The Morgan fingerprint density at radius 2 is 2.19 bits per heavy atom. The van der Waals surface area contributed by atoms with Gasteiger partial charge < -0.3 is 14.7 Å². The van der Waals surface area contributed by atoms with E-state index in [-0.39, 0.29) is 13.2 Å². The van der Waals surface area contributed by atoms with E-state index in [1.807, 2.05) is 0 Å². The summed E-state index contributed by atoms with van der Waals surface area (Å²) in [6.07, 6.45) is -2.58. The Kier molecular flexibility index (Phi) is 4.82. The highest BCUT2D eigenvalue weighted by Gasteiger charge is 2.33. The van der Waals surface area contributed by atoms with Crippen molar-refractivity contribution in [3.8, 4) is 0 Å². The Labute approximate surface area is 126 Å². The Morgan fingerprint density at radius 1 is 1.52 bits per heavy atom. The van der Waals surface area contributed by atoms with Crippen molar-refractivity contribution >= 4 is 18.2 Å². The summed E-state index contributed by atoms with van der Waals surface area (Å²) < 4.78 is 8.52. The number of aromatic amines is 1. The largest absolute Gasteiger partial charge is 0.394 e. The summed E-state index contributed by atoms with van der Waals surface area (Å²) in [5, 5.41) is 9.31. The number of rotatable bonds is 3. The second-order valence-corrected chi connectivity index (χ2v) is 9.39. The quantitative estimate of drug-likeness (QED) is 0.606. The molecule has 0 bridgehead atoms. The summed E-state index contributed by atoms with van der Waals surface area (Å²) in [6, 6.07) is 0. The van der Waals surface area contributed by atoms with Crippen LogP contribution in [0.25, 0.3) is 0 Å². The van der Waals surface area contributed by atoms with E-state index in [2.05, 4.69) is 4.98 Å². The second-order valence-electron chi connectivity index (χ2n) is 5.08. The first kappa shape index (κ1) is 16.5. The van der Waals surface area contributed by atoms with Gasteiger partial charge in [-0.3, -0.25) is 14.3 Å². The van der Waals surface area contributed by atoms with Gasteiger partial charge in [0, 0.05) is 25.0 Å². The predicted molar refractivity (Wildman–Crippen MR) is 81.1 cm³/mol. The van der Waals surface area contributed by atoms with Crippen molar-refractivity contribution in [1.29, 1.82) is 0 Å². The average molecular weight is 335 g/mol. The van der Waals surface area contributed by atoms with E-state index in [1.165, 1.54) is 10.8 Å². The highest BCUT2D eigenvalue weighted by molar-refractivity contribution is 8.10. The molecule has 21 heavy (non-hydrogen) atoms. The molecule has 1 saturated heterocycles. The first-order chi connectivity index (χ1) is 9.72. The molecule has 10 heteroatoms. The van der Waals surface area contributed by atoms with Gasteiger partial charge in [-0.05, 0) is 6.92 Å². The normalized spacial score (nSPS) is 26.5. The molecule has 3 N–H and O–H groups in total. The minimum Gasteiger partial charge on any atom is -0.394 e. The molecule has 118 valence electrons. The molecule has 1 aromatic heterocycles. The molecule has 3 atom stereocenters. The lowest BCUT2D eigenvalue weighted by Crippen LogP contribution is -2.48. The Morgan fingerprint density at radius 3 is 2.76 bits per heavy atom. The van der Waals surface area contributed by atoms with E-state index < -0.39 is 30.0 Å². The van der Waals surface area contributed by atoms with Crippen LogP contribution >= 0.6 is 6.42 Å². The second kappa shape index (κ2) is 6.12. The van der Waals surface area contributed by atoms with Gasteiger partial charge in [0.15, 0.2) is 6.23 Å². The molecular formula is C11H18N3O5PS. The van der Waals surface area contributed by atoms with E-state index in [0.717, 1.165) is 0 Å². The molecule has 0 aliphatic carbocycles. The molecule has 2 heterocycles. The molecular weight excluding hydrogens is 317 g/mol. The third kappa shape index (κ3) is 3.68. The third-order valence-corrected chi connectivity index (χ3v) is 5.38. The van der Waals surface area contributed by atoms with Gasteiger partial charge in [-0.25, -0.2) is 9.46 Å². The molecule has 0 radical (unpaired) electrons. The summed E-state index contributed by atoms with van der Waals surface area (Å²) in [6.45, 7) is 3.40. The number of aliphatic hydroxyl groups is 1. The number of aryl methyl sites for hydroxylation is 1. The zero-order valence-electron chi connectivity index (χ0n) is 11.7. The smallest absolute Gasteiger partial charge is 0.330 e. The van der Waals surface area contributed by atoms with Gasteiger partial charge in [-0.1, -0.05) is 11.8 Å². The number of hydrogen-bond donors (Lipinski definition) is 3. The molecule has 8 nitrogen and oxygen atoms in total. The van der Waals surface area contributed by atoms with Crippen molar-refractivity contribution in [3.05, 3.63) is 32.6 Å². The summed E-state index contributed by atoms with van der Waals surface area (Å²) in [7, 11) is 0. The Bertz CT molecular complexity index is 681. The maximum absolute atomic E-state index is 11.9. The minimum absolute atomic E-state index is 0.214. The SMILES string of the molecule is Cc1cn([C@H]2CN(P(C)(O)=S)C[C@@H](CO)O2)c(=O)[nH]c1=O. The van der Waals surface area contributed by atoms with Crippen molar-refractivity contribution in [2.45, 2.75) is 19.3 Å². The molecule has 0 aromatic carbocycles. The van der Waals surface area contributed by atoms with Gasteiger partial charge in [0.2, 0.25) is 0 Å². The molecule has 1 aromatic rings. The highest BCUT2D eigenvalue weighted by Crippen LogP contribution is 2.43.